The summed E-state index contributed by atoms with van der Waals surface area (Å²) in [6.07, 6.45) is 2.48. The standard InChI is InChI=1S/C10H10BrCl2N/c11-7-3-4-8(10(13)9(7)12)14-5-1-2-6-14/h3-4H,1-2,5-6H2. The summed E-state index contributed by atoms with van der Waals surface area (Å²) in [5.41, 5.74) is 1.05. The van der Waals surface area contributed by atoms with Gasteiger partial charge in [-0.3, -0.25) is 0 Å². The molecule has 0 aliphatic carbocycles. The predicted octanol–water partition coefficient (Wildman–Crippen LogP) is 4.36. The largest absolute Gasteiger partial charge is 0.370 e. The minimum Gasteiger partial charge on any atom is -0.370 e. The molecule has 1 aliphatic heterocycles. The first-order valence-electron chi connectivity index (χ1n) is 4.58. The molecule has 4 heteroatoms. The average Bonchev–Trinajstić information content (AvgIpc) is 2.67. The summed E-state index contributed by atoms with van der Waals surface area (Å²) >= 11 is 15.6. The average molecular weight is 295 g/mol. The maximum absolute atomic E-state index is 6.17. The Bertz CT molecular complexity index is 348. The third kappa shape index (κ3) is 1.88. The molecule has 1 aliphatic rings. The van der Waals surface area contributed by atoms with Crippen LogP contribution in [0.25, 0.3) is 0 Å². The van der Waals surface area contributed by atoms with Crippen molar-refractivity contribution in [3.63, 3.8) is 0 Å². The van der Waals surface area contributed by atoms with Gasteiger partial charge in [-0.15, -0.1) is 0 Å². The summed E-state index contributed by atoms with van der Waals surface area (Å²) in [5.74, 6) is 0. The highest BCUT2D eigenvalue weighted by Crippen LogP contribution is 2.38. The molecule has 1 fully saturated rings. The molecule has 0 unspecified atom stereocenters. The number of hydrogen-bond donors (Lipinski definition) is 0. The van der Waals surface area contributed by atoms with Crippen LogP contribution in [0.5, 0.6) is 0 Å². The molecule has 0 radical (unpaired) electrons. The minimum absolute atomic E-state index is 0.607. The van der Waals surface area contributed by atoms with Gasteiger partial charge in [0.1, 0.15) is 0 Å². The van der Waals surface area contributed by atoms with E-state index in [1.54, 1.807) is 0 Å². The van der Waals surface area contributed by atoms with Gasteiger partial charge in [-0.05, 0) is 40.9 Å². The van der Waals surface area contributed by atoms with Crippen molar-refractivity contribution in [3.8, 4) is 0 Å². The van der Waals surface area contributed by atoms with Crippen molar-refractivity contribution < 1.29 is 0 Å². The molecule has 0 amide bonds. The maximum atomic E-state index is 6.17. The van der Waals surface area contributed by atoms with Gasteiger partial charge in [0.2, 0.25) is 0 Å². The Labute approximate surface area is 102 Å². The normalized spacial score (nSPS) is 16.4. The Hall–Kier alpha value is 0.0800. The molecule has 1 nitrogen and oxygen atoms in total. The van der Waals surface area contributed by atoms with Gasteiger partial charge in [0.25, 0.3) is 0 Å². The summed E-state index contributed by atoms with van der Waals surface area (Å²) in [6.45, 7) is 2.16. The van der Waals surface area contributed by atoms with E-state index in [4.69, 9.17) is 23.2 Å². The molecular weight excluding hydrogens is 285 g/mol. The van der Waals surface area contributed by atoms with E-state index < -0.39 is 0 Å². The summed E-state index contributed by atoms with van der Waals surface area (Å²) < 4.78 is 0.854. The van der Waals surface area contributed by atoms with Crippen LogP contribution >= 0.6 is 39.1 Å². The summed E-state index contributed by atoms with van der Waals surface area (Å²) in [6, 6.07) is 3.96. The fourth-order valence-electron chi connectivity index (χ4n) is 1.72. The van der Waals surface area contributed by atoms with Gasteiger partial charge in [-0.2, -0.15) is 0 Å². The molecule has 0 saturated carbocycles. The smallest absolute Gasteiger partial charge is 0.0837 e. The molecule has 0 aromatic heterocycles. The van der Waals surface area contributed by atoms with Crippen LogP contribution in [0.1, 0.15) is 12.8 Å². The molecule has 0 bridgehead atoms. The molecule has 1 aromatic rings. The molecule has 2 rings (SSSR count). The van der Waals surface area contributed by atoms with Crippen LogP contribution in [0.4, 0.5) is 5.69 Å². The molecule has 1 aromatic carbocycles. The highest BCUT2D eigenvalue weighted by molar-refractivity contribution is 9.10. The molecule has 76 valence electrons. The second kappa shape index (κ2) is 4.30. The van der Waals surface area contributed by atoms with Crippen molar-refractivity contribution in [1.29, 1.82) is 0 Å². The Morgan fingerprint density at radius 2 is 1.71 bits per heavy atom. The summed E-state index contributed by atoms with van der Waals surface area (Å²) in [7, 11) is 0. The van der Waals surface area contributed by atoms with E-state index in [-0.39, 0.29) is 0 Å². The van der Waals surface area contributed by atoms with Gasteiger partial charge < -0.3 is 4.90 Å². The highest BCUT2D eigenvalue weighted by atomic mass is 79.9. The number of benzene rings is 1. The van der Waals surface area contributed by atoms with Crippen LogP contribution in [0.2, 0.25) is 10.0 Å². The van der Waals surface area contributed by atoms with E-state index in [0.29, 0.717) is 10.0 Å². The lowest BCUT2D eigenvalue weighted by atomic mass is 10.3. The second-order valence-electron chi connectivity index (χ2n) is 3.39. The van der Waals surface area contributed by atoms with Crippen molar-refractivity contribution in [2.24, 2.45) is 0 Å². The SMILES string of the molecule is Clc1c(Br)ccc(N2CCCC2)c1Cl. The Kier molecular flexibility index (Phi) is 3.25. The van der Waals surface area contributed by atoms with Crippen LogP contribution in [0, 0.1) is 0 Å². The maximum Gasteiger partial charge on any atom is 0.0837 e. The van der Waals surface area contributed by atoms with Crippen LogP contribution < -0.4 is 4.90 Å². The van der Waals surface area contributed by atoms with E-state index in [2.05, 4.69) is 20.8 Å². The van der Waals surface area contributed by atoms with Gasteiger partial charge in [0, 0.05) is 17.6 Å². The summed E-state index contributed by atoms with van der Waals surface area (Å²) in [5, 5.41) is 1.26. The van der Waals surface area contributed by atoms with E-state index in [1.807, 2.05) is 12.1 Å². The zero-order valence-electron chi connectivity index (χ0n) is 7.56. The third-order valence-electron chi connectivity index (χ3n) is 2.46. The lowest BCUT2D eigenvalue weighted by Gasteiger charge is -2.19. The monoisotopic (exact) mass is 293 g/mol. The van der Waals surface area contributed by atoms with Gasteiger partial charge in [-0.25, -0.2) is 0 Å². The first-order chi connectivity index (χ1) is 6.70. The van der Waals surface area contributed by atoms with Crippen molar-refractivity contribution >= 4 is 44.8 Å². The van der Waals surface area contributed by atoms with E-state index in [9.17, 15) is 0 Å². The number of hydrogen-bond acceptors (Lipinski definition) is 1. The topological polar surface area (TPSA) is 3.24 Å². The molecule has 0 atom stereocenters. The van der Waals surface area contributed by atoms with Crippen LogP contribution in [0.3, 0.4) is 0 Å². The highest BCUT2D eigenvalue weighted by Gasteiger charge is 2.17. The molecule has 0 spiro atoms. The van der Waals surface area contributed by atoms with Crippen LogP contribution in [0.15, 0.2) is 16.6 Å². The first-order valence-corrected chi connectivity index (χ1v) is 6.13. The fourth-order valence-corrected chi connectivity index (χ4v) is 2.61. The van der Waals surface area contributed by atoms with E-state index >= 15 is 0 Å². The van der Waals surface area contributed by atoms with Crippen LogP contribution in [-0.2, 0) is 0 Å². The molecule has 0 N–H and O–H groups in total. The lowest BCUT2D eigenvalue weighted by molar-refractivity contribution is 0.949. The van der Waals surface area contributed by atoms with Gasteiger partial charge in [0.15, 0.2) is 0 Å². The zero-order valence-corrected chi connectivity index (χ0v) is 10.7. The third-order valence-corrected chi connectivity index (χ3v) is 4.22. The van der Waals surface area contributed by atoms with Crippen molar-refractivity contribution in [3.05, 3.63) is 26.7 Å². The van der Waals surface area contributed by atoms with Crippen molar-refractivity contribution in [1.82, 2.24) is 0 Å². The molecule has 1 saturated heterocycles. The Morgan fingerprint density at radius 3 is 2.36 bits per heavy atom. The van der Waals surface area contributed by atoms with E-state index in [1.165, 1.54) is 12.8 Å². The number of anilines is 1. The van der Waals surface area contributed by atoms with Crippen LogP contribution in [-0.4, -0.2) is 13.1 Å². The predicted molar refractivity (Wildman–Crippen MR) is 65.6 cm³/mol. The fraction of sp³-hybridized carbons (Fsp3) is 0.400. The van der Waals surface area contributed by atoms with Crippen molar-refractivity contribution in [2.75, 3.05) is 18.0 Å². The molecule has 14 heavy (non-hydrogen) atoms. The first kappa shape index (κ1) is 10.6. The van der Waals surface area contributed by atoms with Gasteiger partial charge in [0.05, 0.1) is 15.7 Å². The molecular formula is C10H10BrCl2N. The Morgan fingerprint density at radius 1 is 1.07 bits per heavy atom. The number of rotatable bonds is 1. The number of nitrogens with zero attached hydrogens (tertiary/aromatic N) is 1. The zero-order chi connectivity index (χ0) is 10.1. The summed E-state index contributed by atoms with van der Waals surface area (Å²) in [4.78, 5) is 2.28. The van der Waals surface area contributed by atoms with Gasteiger partial charge >= 0.3 is 0 Å². The van der Waals surface area contributed by atoms with Gasteiger partial charge in [-0.1, -0.05) is 23.2 Å². The molecule has 1 heterocycles. The number of halogens is 3. The Balaban J connectivity index is 2.38. The minimum atomic E-state index is 0.607. The lowest BCUT2D eigenvalue weighted by Crippen LogP contribution is -2.17. The van der Waals surface area contributed by atoms with E-state index in [0.717, 1.165) is 23.2 Å². The van der Waals surface area contributed by atoms with Crippen molar-refractivity contribution in [2.45, 2.75) is 12.8 Å². The second-order valence-corrected chi connectivity index (χ2v) is 5.00. The quantitative estimate of drug-likeness (QED) is 0.696.